The second-order valence-electron chi connectivity index (χ2n) is 14.2. The van der Waals surface area contributed by atoms with Crippen molar-refractivity contribution in [3.63, 3.8) is 0 Å². The molecule has 0 heterocycles. The Hall–Kier alpha value is -0.990. The molecule has 0 aromatic heterocycles. The Morgan fingerprint density at radius 2 is 1.36 bits per heavy atom. The minimum absolute atomic E-state index is 0.0601. The van der Waals surface area contributed by atoms with Crippen LogP contribution in [0.4, 0.5) is 0 Å². The molecule has 4 aliphatic carbocycles. The zero-order valence-electron chi connectivity index (χ0n) is 22.6. The molecule has 33 heavy (non-hydrogen) atoms. The number of ketones is 3. The lowest BCUT2D eigenvalue weighted by Gasteiger charge is -2.67. The Kier molecular flexibility index (Phi) is 5.90. The lowest BCUT2D eigenvalue weighted by Crippen LogP contribution is -2.64. The summed E-state index contributed by atoms with van der Waals surface area (Å²) in [4.78, 5) is 39.6. The second-order valence-corrected chi connectivity index (χ2v) is 14.2. The predicted molar refractivity (Wildman–Crippen MR) is 133 cm³/mol. The van der Waals surface area contributed by atoms with Crippen molar-refractivity contribution in [2.24, 2.45) is 50.7 Å². The summed E-state index contributed by atoms with van der Waals surface area (Å²) in [6.45, 7) is 18.1. The van der Waals surface area contributed by atoms with Gasteiger partial charge < -0.3 is 0 Å². The third-order valence-corrected chi connectivity index (χ3v) is 12.4. The number of fused-ring (bicyclic) bond motifs is 3. The van der Waals surface area contributed by atoms with E-state index in [9.17, 15) is 14.4 Å². The summed E-state index contributed by atoms with van der Waals surface area (Å²) in [5.74, 6) is 3.05. The molecule has 4 rings (SSSR count). The molecule has 7 atom stereocenters. The van der Waals surface area contributed by atoms with Gasteiger partial charge in [-0.3, -0.25) is 14.4 Å². The highest BCUT2D eigenvalue weighted by Gasteiger charge is 2.67. The van der Waals surface area contributed by atoms with E-state index in [2.05, 4.69) is 55.4 Å². The highest BCUT2D eigenvalue weighted by atomic mass is 16.1. The van der Waals surface area contributed by atoms with E-state index in [1.807, 2.05) is 0 Å². The molecule has 0 saturated heterocycles. The van der Waals surface area contributed by atoms with Crippen LogP contribution in [0.15, 0.2) is 0 Å². The molecular weight excluding hydrogens is 408 g/mol. The van der Waals surface area contributed by atoms with Crippen molar-refractivity contribution in [2.45, 2.75) is 120 Å². The monoisotopic (exact) mass is 456 g/mol. The van der Waals surface area contributed by atoms with Gasteiger partial charge in [-0.25, -0.2) is 0 Å². The van der Waals surface area contributed by atoms with E-state index in [4.69, 9.17) is 0 Å². The van der Waals surface area contributed by atoms with Crippen LogP contribution in [0.1, 0.15) is 120 Å². The first-order valence-electron chi connectivity index (χ1n) is 13.7. The van der Waals surface area contributed by atoms with Crippen molar-refractivity contribution in [3.05, 3.63) is 0 Å². The van der Waals surface area contributed by atoms with Gasteiger partial charge in [0.15, 0.2) is 0 Å². The maximum Gasteiger partial charge on any atom is 0.139 e. The molecule has 0 aliphatic heterocycles. The van der Waals surface area contributed by atoms with E-state index in [1.165, 1.54) is 0 Å². The van der Waals surface area contributed by atoms with E-state index in [-0.39, 0.29) is 27.1 Å². The third kappa shape index (κ3) is 3.29. The molecule has 0 aromatic carbocycles. The lowest BCUT2D eigenvalue weighted by molar-refractivity contribution is -0.195. The van der Waals surface area contributed by atoms with Gasteiger partial charge in [0.1, 0.15) is 17.3 Å². The Labute approximate surface area is 202 Å². The number of hydrogen-bond donors (Lipinski definition) is 0. The van der Waals surface area contributed by atoms with Gasteiger partial charge in [0.05, 0.1) is 0 Å². The van der Waals surface area contributed by atoms with E-state index >= 15 is 0 Å². The molecular formula is C30H48O3. The quantitative estimate of drug-likeness (QED) is 0.449. The van der Waals surface area contributed by atoms with Crippen molar-refractivity contribution < 1.29 is 14.4 Å². The maximum atomic E-state index is 13.7. The normalized spacial score (nSPS) is 47.5. The lowest BCUT2D eigenvalue weighted by atomic mass is 9.36. The molecule has 186 valence electrons. The first-order chi connectivity index (χ1) is 15.1. The standard InChI is InChI=1S/C30H48O3/c1-19(2)20-9-11-24(32)27(20,5)17-18-30(8)25(33)12-10-22-28(6)15-14-23(31)26(3,4)21(28)13-16-29(22,30)7/h19-22H,9-18H2,1-8H3. The first-order valence-corrected chi connectivity index (χ1v) is 13.7. The van der Waals surface area contributed by atoms with Gasteiger partial charge >= 0.3 is 0 Å². The summed E-state index contributed by atoms with van der Waals surface area (Å²) < 4.78 is 0. The molecule has 0 N–H and O–H groups in total. The molecule has 0 radical (unpaired) electrons. The summed E-state index contributed by atoms with van der Waals surface area (Å²) in [5, 5.41) is 0. The van der Waals surface area contributed by atoms with E-state index < -0.39 is 0 Å². The van der Waals surface area contributed by atoms with Crippen molar-refractivity contribution in [1.82, 2.24) is 0 Å². The fourth-order valence-corrected chi connectivity index (χ4v) is 9.96. The van der Waals surface area contributed by atoms with Crippen LogP contribution in [0.2, 0.25) is 0 Å². The van der Waals surface area contributed by atoms with Crippen LogP contribution in [-0.4, -0.2) is 17.3 Å². The topological polar surface area (TPSA) is 51.2 Å². The Morgan fingerprint density at radius 3 is 2.00 bits per heavy atom. The molecule has 4 fully saturated rings. The molecule has 3 heteroatoms. The molecule has 0 aromatic rings. The number of Topliss-reactive ketones (excluding diaryl/α,β-unsaturated/α-hetero) is 3. The molecule has 0 amide bonds. The van der Waals surface area contributed by atoms with Crippen LogP contribution < -0.4 is 0 Å². The zero-order chi connectivity index (χ0) is 24.6. The van der Waals surface area contributed by atoms with Crippen LogP contribution in [-0.2, 0) is 14.4 Å². The van der Waals surface area contributed by atoms with Crippen molar-refractivity contribution in [3.8, 4) is 0 Å². The van der Waals surface area contributed by atoms with Gasteiger partial charge in [-0.1, -0.05) is 55.4 Å². The second kappa shape index (κ2) is 7.76. The van der Waals surface area contributed by atoms with Crippen molar-refractivity contribution in [2.75, 3.05) is 0 Å². The van der Waals surface area contributed by atoms with Crippen LogP contribution in [0.3, 0.4) is 0 Å². The molecule has 4 aliphatic rings. The van der Waals surface area contributed by atoms with Gasteiger partial charge in [0.2, 0.25) is 0 Å². The molecule has 7 unspecified atom stereocenters. The first kappa shape index (κ1) is 25.1. The van der Waals surface area contributed by atoms with Crippen LogP contribution in [0.25, 0.3) is 0 Å². The smallest absolute Gasteiger partial charge is 0.139 e. The summed E-state index contributed by atoms with van der Waals surface area (Å²) >= 11 is 0. The van der Waals surface area contributed by atoms with E-state index in [0.717, 1.165) is 44.9 Å². The number of carbonyl (C=O) groups is 3. The van der Waals surface area contributed by atoms with Crippen molar-refractivity contribution >= 4 is 17.3 Å². The third-order valence-electron chi connectivity index (χ3n) is 12.4. The zero-order valence-corrected chi connectivity index (χ0v) is 22.6. The van der Waals surface area contributed by atoms with Gasteiger partial charge in [0.25, 0.3) is 0 Å². The van der Waals surface area contributed by atoms with E-state index in [1.54, 1.807) is 0 Å². The summed E-state index contributed by atoms with van der Waals surface area (Å²) in [5.41, 5.74) is -0.889. The van der Waals surface area contributed by atoms with E-state index in [0.29, 0.717) is 60.3 Å². The average Bonchev–Trinajstić information content (AvgIpc) is 3.02. The van der Waals surface area contributed by atoms with Gasteiger partial charge in [-0.15, -0.1) is 0 Å². The summed E-state index contributed by atoms with van der Waals surface area (Å²) in [6.07, 6.45) is 8.70. The Morgan fingerprint density at radius 1 is 0.727 bits per heavy atom. The van der Waals surface area contributed by atoms with Gasteiger partial charge in [0, 0.05) is 35.5 Å². The van der Waals surface area contributed by atoms with Crippen LogP contribution in [0, 0.1) is 50.7 Å². The molecule has 0 bridgehead atoms. The minimum atomic E-state index is -0.386. The summed E-state index contributed by atoms with van der Waals surface area (Å²) in [7, 11) is 0. The largest absolute Gasteiger partial charge is 0.299 e. The number of carbonyl (C=O) groups excluding carboxylic acids is 3. The fraction of sp³-hybridized carbons (Fsp3) is 0.900. The Bertz CT molecular complexity index is 855. The maximum absolute atomic E-state index is 13.7. The fourth-order valence-electron chi connectivity index (χ4n) is 9.96. The molecule has 0 spiro atoms. The number of rotatable bonds is 4. The molecule has 4 saturated carbocycles. The average molecular weight is 457 g/mol. The van der Waals surface area contributed by atoms with Gasteiger partial charge in [-0.2, -0.15) is 0 Å². The van der Waals surface area contributed by atoms with Crippen molar-refractivity contribution in [1.29, 1.82) is 0 Å². The Balaban J connectivity index is 1.67. The van der Waals surface area contributed by atoms with Gasteiger partial charge in [-0.05, 0) is 79.4 Å². The highest BCUT2D eigenvalue weighted by molar-refractivity contribution is 5.89. The van der Waals surface area contributed by atoms with Crippen LogP contribution in [0.5, 0.6) is 0 Å². The highest BCUT2D eigenvalue weighted by Crippen LogP contribution is 2.71. The molecule has 3 nitrogen and oxygen atoms in total. The van der Waals surface area contributed by atoms with Crippen LogP contribution >= 0.6 is 0 Å². The predicted octanol–water partition coefficient (Wildman–Crippen LogP) is 7.21. The minimum Gasteiger partial charge on any atom is -0.299 e. The number of hydrogen-bond acceptors (Lipinski definition) is 3. The summed E-state index contributed by atoms with van der Waals surface area (Å²) in [6, 6.07) is 0. The SMILES string of the molecule is CC(C)C1CCC(=O)C1(C)CCC1(C)C(=O)CCC2C3(C)CCC(=O)C(C)(C)C3CCC21C.